The van der Waals surface area contributed by atoms with Crippen molar-refractivity contribution >= 4 is 12.1 Å². The Morgan fingerprint density at radius 3 is 2.25 bits per heavy atom. The van der Waals surface area contributed by atoms with Gasteiger partial charge in [-0.1, -0.05) is 12.1 Å². The molecule has 1 N–H and O–H groups in total. The first-order valence-electron chi connectivity index (χ1n) is 8.16. The zero-order valence-corrected chi connectivity index (χ0v) is 14.4. The molecule has 0 aromatic heterocycles. The predicted octanol–water partition coefficient (Wildman–Crippen LogP) is 3.30. The number of amides is 1. The molecule has 6 heteroatoms. The molecule has 1 aromatic carbocycles. The van der Waals surface area contributed by atoms with E-state index in [4.69, 9.17) is 14.6 Å². The summed E-state index contributed by atoms with van der Waals surface area (Å²) >= 11 is 0. The molecule has 0 radical (unpaired) electrons. The number of carboxylic acids is 1. The summed E-state index contributed by atoms with van der Waals surface area (Å²) in [5.74, 6) is -0.933. The molecule has 0 spiro atoms. The second kappa shape index (κ2) is 7.66. The number of nitrogens with zero attached hydrogens (tertiary/aromatic N) is 1. The van der Waals surface area contributed by atoms with Gasteiger partial charge in [-0.05, 0) is 51.3 Å². The van der Waals surface area contributed by atoms with Gasteiger partial charge in [0.15, 0.2) is 0 Å². The molecule has 1 saturated heterocycles. The van der Waals surface area contributed by atoms with E-state index in [2.05, 4.69) is 0 Å². The lowest BCUT2D eigenvalue weighted by molar-refractivity contribution is -0.0170. The van der Waals surface area contributed by atoms with Crippen LogP contribution < -0.4 is 0 Å². The molecule has 1 aliphatic heterocycles. The molecule has 0 saturated carbocycles. The Morgan fingerprint density at radius 1 is 1.17 bits per heavy atom. The first-order chi connectivity index (χ1) is 11.2. The SMILES string of the molecule is CC(C)(C)OC(=O)N1CCC(OCc2ccc(C(=O)O)cc2)CC1. The van der Waals surface area contributed by atoms with Crippen LogP contribution >= 0.6 is 0 Å². The fraction of sp³-hybridized carbons (Fsp3) is 0.556. The van der Waals surface area contributed by atoms with Gasteiger partial charge < -0.3 is 19.5 Å². The fourth-order valence-electron chi connectivity index (χ4n) is 2.49. The van der Waals surface area contributed by atoms with Crippen molar-refractivity contribution in [2.45, 2.75) is 51.9 Å². The van der Waals surface area contributed by atoms with Crippen molar-refractivity contribution in [2.24, 2.45) is 0 Å². The van der Waals surface area contributed by atoms with Crippen molar-refractivity contribution in [2.75, 3.05) is 13.1 Å². The molecule has 1 aromatic rings. The Hall–Kier alpha value is -2.08. The third kappa shape index (κ3) is 5.53. The van der Waals surface area contributed by atoms with Gasteiger partial charge in [0.25, 0.3) is 0 Å². The van der Waals surface area contributed by atoms with Gasteiger partial charge in [0.2, 0.25) is 0 Å². The topological polar surface area (TPSA) is 76.1 Å². The fourth-order valence-corrected chi connectivity index (χ4v) is 2.49. The molecule has 1 amide bonds. The van der Waals surface area contributed by atoms with Gasteiger partial charge in [-0.15, -0.1) is 0 Å². The van der Waals surface area contributed by atoms with Crippen molar-refractivity contribution < 1.29 is 24.2 Å². The van der Waals surface area contributed by atoms with Crippen molar-refractivity contribution in [1.82, 2.24) is 4.90 Å². The second-order valence-corrected chi connectivity index (χ2v) is 6.98. The highest BCUT2D eigenvalue weighted by atomic mass is 16.6. The summed E-state index contributed by atoms with van der Waals surface area (Å²) in [6.07, 6.45) is 1.37. The molecular weight excluding hydrogens is 310 g/mol. The molecule has 6 nitrogen and oxygen atoms in total. The lowest BCUT2D eigenvalue weighted by Crippen LogP contribution is -2.43. The number of ether oxygens (including phenoxy) is 2. The monoisotopic (exact) mass is 335 g/mol. The zero-order chi connectivity index (χ0) is 17.7. The van der Waals surface area contributed by atoms with Crippen molar-refractivity contribution in [3.63, 3.8) is 0 Å². The average molecular weight is 335 g/mol. The van der Waals surface area contributed by atoms with Crippen LogP contribution in [0.1, 0.15) is 49.5 Å². The highest BCUT2D eigenvalue weighted by molar-refractivity contribution is 5.87. The first-order valence-corrected chi connectivity index (χ1v) is 8.16. The minimum atomic E-state index is -0.933. The Morgan fingerprint density at radius 2 is 1.75 bits per heavy atom. The minimum absolute atomic E-state index is 0.0998. The molecule has 1 heterocycles. The van der Waals surface area contributed by atoms with Gasteiger partial charge >= 0.3 is 12.1 Å². The molecule has 2 rings (SSSR count). The van der Waals surface area contributed by atoms with Crippen molar-refractivity contribution in [3.05, 3.63) is 35.4 Å². The summed E-state index contributed by atoms with van der Waals surface area (Å²) in [5, 5.41) is 8.88. The van der Waals surface area contributed by atoms with Crippen molar-refractivity contribution in [1.29, 1.82) is 0 Å². The molecule has 24 heavy (non-hydrogen) atoms. The van der Waals surface area contributed by atoms with E-state index >= 15 is 0 Å². The molecular formula is C18H25NO5. The molecule has 1 aliphatic rings. The number of benzene rings is 1. The van der Waals surface area contributed by atoms with E-state index in [1.807, 2.05) is 20.8 Å². The van der Waals surface area contributed by atoms with E-state index in [0.29, 0.717) is 19.7 Å². The van der Waals surface area contributed by atoms with E-state index in [1.165, 1.54) is 0 Å². The van der Waals surface area contributed by atoms with Crippen LogP contribution in [-0.2, 0) is 16.1 Å². The highest BCUT2D eigenvalue weighted by Gasteiger charge is 2.27. The number of hydrogen-bond donors (Lipinski definition) is 1. The maximum atomic E-state index is 12.0. The predicted molar refractivity (Wildman–Crippen MR) is 89.0 cm³/mol. The summed E-state index contributed by atoms with van der Waals surface area (Å²) in [6.45, 7) is 7.26. The number of carbonyl (C=O) groups is 2. The lowest BCUT2D eigenvalue weighted by atomic mass is 10.1. The standard InChI is InChI=1S/C18H25NO5/c1-18(2,3)24-17(22)19-10-8-15(9-11-19)23-12-13-4-6-14(7-5-13)16(20)21/h4-7,15H,8-12H2,1-3H3,(H,20,21). The van der Waals surface area contributed by atoms with Gasteiger partial charge in [0.1, 0.15) is 5.60 Å². The van der Waals surface area contributed by atoms with Crippen molar-refractivity contribution in [3.8, 4) is 0 Å². The first kappa shape index (κ1) is 18.3. The van der Waals surface area contributed by atoms with Crippen LogP contribution in [0.15, 0.2) is 24.3 Å². The summed E-state index contributed by atoms with van der Waals surface area (Å²) in [4.78, 5) is 24.5. The number of carbonyl (C=O) groups excluding carboxylic acids is 1. The molecule has 0 atom stereocenters. The number of rotatable bonds is 4. The molecule has 0 bridgehead atoms. The highest BCUT2D eigenvalue weighted by Crippen LogP contribution is 2.18. The van der Waals surface area contributed by atoms with Gasteiger partial charge in [0.05, 0.1) is 18.3 Å². The van der Waals surface area contributed by atoms with E-state index in [0.717, 1.165) is 18.4 Å². The lowest BCUT2D eigenvalue weighted by Gasteiger charge is -2.33. The van der Waals surface area contributed by atoms with Crippen LogP contribution in [0.4, 0.5) is 4.79 Å². The van der Waals surface area contributed by atoms with Crippen LogP contribution in [0, 0.1) is 0 Å². The van der Waals surface area contributed by atoms with Gasteiger partial charge in [0, 0.05) is 13.1 Å². The Balaban J connectivity index is 1.75. The van der Waals surface area contributed by atoms with E-state index < -0.39 is 11.6 Å². The van der Waals surface area contributed by atoms with Gasteiger partial charge in [-0.3, -0.25) is 0 Å². The van der Waals surface area contributed by atoms with Crippen LogP contribution in [-0.4, -0.2) is 46.9 Å². The minimum Gasteiger partial charge on any atom is -0.478 e. The summed E-state index contributed by atoms with van der Waals surface area (Å²) < 4.78 is 11.2. The van der Waals surface area contributed by atoms with Gasteiger partial charge in [-0.2, -0.15) is 0 Å². The smallest absolute Gasteiger partial charge is 0.410 e. The summed E-state index contributed by atoms with van der Waals surface area (Å²) in [5.41, 5.74) is 0.728. The Bertz CT molecular complexity index is 568. The quantitative estimate of drug-likeness (QED) is 0.913. The van der Waals surface area contributed by atoms with Crippen LogP contribution in [0.3, 0.4) is 0 Å². The van der Waals surface area contributed by atoms with E-state index in [9.17, 15) is 9.59 Å². The number of likely N-dealkylation sites (tertiary alicyclic amines) is 1. The average Bonchev–Trinajstić information content (AvgIpc) is 2.52. The van der Waals surface area contributed by atoms with E-state index in [-0.39, 0.29) is 17.8 Å². The molecule has 0 aliphatic carbocycles. The van der Waals surface area contributed by atoms with Crippen LogP contribution in [0.25, 0.3) is 0 Å². The third-order valence-electron chi connectivity index (χ3n) is 3.78. The third-order valence-corrected chi connectivity index (χ3v) is 3.78. The Labute approximate surface area is 142 Å². The number of aromatic carboxylic acids is 1. The second-order valence-electron chi connectivity index (χ2n) is 6.98. The van der Waals surface area contributed by atoms with E-state index in [1.54, 1.807) is 29.2 Å². The molecule has 0 unspecified atom stereocenters. The number of hydrogen-bond acceptors (Lipinski definition) is 4. The van der Waals surface area contributed by atoms with Crippen LogP contribution in [0.5, 0.6) is 0 Å². The maximum absolute atomic E-state index is 12.0. The summed E-state index contributed by atoms with van der Waals surface area (Å²) in [7, 11) is 0. The largest absolute Gasteiger partial charge is 0.478 e. The number of carboxylic acid groups (broad SMARTS) is 1. The number of piperidine rings is 1. The zero-order valence-electron chi connectivity index (χ0n) is 14.4. The van der Waals surface area contributed by atoms with Gasteiger partial charge in [-0.25, -0.2) is 9.59 Å². The Kier molecular flexibility index (Phi) is 5.83. The van der Waals surface area contributed by atoms with Crippen LogP contribution in [0.2, 0.25) is 0 Å². The molecule has 132 valence electrons. The maximum Gasteiger partial charge on any atom is 0.410 e. The summed E-state index contributed by atoms with van der Waals surface area (Å²) in [6, 6.07) is 6.68. The molecule has 1 fully saturated rings. The normalized spacial score (nSPS) is 16.0.